The van der Waals surface area contributed by atoms with Crippen molar-refractivity contribution in [2.45, 2.75) is 6.42 Å². The Morgan fingerprint density at radius 3 is 2.90 bits per heavy atom. The lowest BCUT2D eigenvalue weighted by Crippen LogP contribution is -2.49. The van der Waals surface area contributed by atoms with E-state index >= 15 is 0 Å². The van der Waals surface area contributed by atoms with E-state index in [0.717, 1.165) is 0 Å². The lowest BCUT2D eigenvalue weighted by Gasteiger charge is -2.26. The second-order valence-electron chi connectivity index (χ2n) is 4.38. The molecule has 1 N–H and O–H groups in total. The van der Waals surface area contributed by atoms with Crippen LogP contribution in [0.15, 0.2) is 24.4 Å². The van der Waals surface area contributed by atoms with E-state index in [-0.39, 0.29) is 29.3 Å². The van der Waals surface area contributed by atoms with E-state index < -0.39 is 11.8 Å². The van der Waals surface area contributed by atoms with Crippen molar-refractivity contribution in [2.75, 3.05) is 11.4 Å². The molecule has 2 aromatic rings. The summed E-state index contributed by atoms with van der Waals surface area (Å²) in [4.78, 5) is 28.3. The van der Waals surface area contributed by atoms with Gasteiger partial charge in [0.2, 0.25) is 5.91 Å². The van der Waals surface area contributed by atoms with Gasteiger partial charge in [-0.1, -0.05) is 11.6 Å². The summed E-state index contributed by atoms with van der Waals surface area (Å²) in [5.41, 5.74) is 0.868. The fraction of sp³-hybridized carbons (Fsp3) is 0.154. The molecule has 20 heavy (non-hydrogen) atoms. The van der Waals surface area contributed by atoms with Crippen molar-refractivity contribution in [3.05, 3.63) is 35.2 Å². The van der Waals surface area contributed by atoms with Gasteiger partial charge in [-0.15, -0.1) is 0 Å². The highest BCUT2D eigenvalue weighted by Crippen LogP contribution is 2.27. The van der Waals surface area contributed by atoms with Gasteiger partial charge in [0.1, 0.15) is 0 Å². The fourth-order valence-electron chi connectivity index (χ4n) is 2.08. The monoisotopic (exact) mass is 293 g/mol. The normalized spacial score (nSPS) is 15.6. The van der Waals surface area contributed by atoms with Crippen molar-refractivity contribution in [1.29, 1.82) is 0 Å². The second kappa shape index (κ2) is 4.72. The number of nitrogens with one attached hydrogen (secondary N) is 1. The minimum absolute atomic E-state index is 0.00489. The number of fused-ring (bicyclic) bond motifs is 1. The molecule has 1 aliphatic rings. The van der Waals surface area contributed by atoms with Crippen LogP contribution in [0.5, 0.6) is 0 Å². The topological polar surface area (TPSA) is 62.3 Å². The molecular weight excluding hydrogens is 285 g/mol. The first-order valence-corrected chi connectivity index (χ1v) is 6.29. The number of hydrogen-bond donors (Lipinski definition) is 1. The smallest absolute Gasteiger partial charge is 0.292 e. The van der Waals surface area contributed by atoms with Crippen LogP contribution in [-0.4, -0.2) is 23.5 Å². The number of pyridine rings is 1. The zero-order valence-electron chi connectivity index (χ0n) is 10.2. The van der Waals surface area contributed by atoms with Gasteiger partial charge < -0.3 is 0 Å². The Balaban J connectivity index is 2.06. The number of hydrogen-bond acceptors (Lipinski definition) is 3. The molecule has 5 nitrogen and oxygen atoms in total. The third-order valence-electron chi connectivity index (χ3n) is 3.10. The molecule has 0 bridgehead atoms. The Hall–Kier alpha value is -2.21. The molecule has 0 saturated carbocycles. The number of amides is 3. The largest absolute Gasteiger partial charge is 0.328 e. The predicted octanol–water partition coefficient (Wildman–Crippen LogP) is 2.47. The average molecular weight is 294 g/mol. The van der Waals surface area contributed by atoms with E-state index in [1.807, 2.05) is 0 Å². The molecule has 1 aromatic heterocycles. The van der Waals surface area contributed by atoms with Crippen LogP contribution >= 0.6 is 11.6 Å². The van der Waals surface area contributed by atoms with Crippen molar-refractivity contribution in [2.24, 2.45) is 0 Å². The van der Waals surface area contributed by atoms with Gasteiger partial charge in [0.25, 0.3) is 0 Å². The highest BCUT2D eigenvalue weighted by atomic mass is 35.5. The van der Waals surface area contributed by atoms with Crippen LogP contribution in [0.4, 0.5) is 14.9 Å². The molecule has 7 heteroatoms. The third-order valence-corrected chi connectivity index (χ3v) is 3.40. The first-order valence-electron chi connectivity index (χ1n) is 5.91. The molecule has 1 fully saturated rings. The number of carbonyl (C=O) groups excluding carboxylic acids is 2. The van der Waals surface area contributed by atoms with E-state index in [1.165, 1.54) is 23.2 Å². The standard InChI is InChI=1S/C13H9ClFN3O2/c14-9-1-2-10-8(12(9)15)5-7(6-16-10)18-4-3-11(19)17-13(18)20/h1-2,5-6H,3-4H2,(H,17,19,20). The number of rotatable bonds is 1. The Kier molecular flexibility index (Phi) is 3.02. The van der Waals surface area contributed by atoms with Crippen LogP contribution in [0.3, 0.4) is 0 Å². The van der Waals surface area contributed by atoms with Crippen LogP contribution < -0.4 is 10.2 Å². The van der Waals surface area contributed by atoms with Gasteiger partial charge in [0.05, 0.1) is 22.4 Å². The summed E-state index contributed by atoms with van der Waals surface area (Å²) in [6.07, 6.45) is 1.66. The van der Waals surface area contributed by atoms with Gasteiger partial charge in [-0.3, -0.25) is 20.0 Å². The quantitative estimate of drug-likeness (QED) is 0.878. The molecule has 0 spiro atoms. The highest BCUT2D eigenvalue weighted by Gasteiger charge is 2.24. The van der Waals surface area contributed by atoms with Gasteiger partial charge in [-0.05, 0) is 18.2 Å². The number of nitrogens with zero attached hydrogens (tertiary/aromatic N) is 2. The van der Waals surface area contributed by atoms with Crippen molar-refractivity contribution in [1.82, 2.24) is 10.3 Å². The van der Waals surface area contributed by atoms with Crippen molar-refractivity contribution in [3.8, 4) is 0 Å². The number of carbonyl (C=O) groups is 2. The molecule has 102 valence electrons. The predicted molar refractivity (Wildman–Crippen MR) is 72.2 cm³/mol. The summed E-state index contributed by atoms with van der Waals surface area (Å²) in [6.45, 7) is 0.236. The number of urea groups is 1. The van der Waals surface area contributed by atoms with E-state index in [4.69, 9.17) is 11.6 Å². The van der Waals surface area contributed by atoms with Gasteiger partial charge in [-0.25, -0.2) is 9.18 Å². The Labute approximate surface area is 118 Å². The van der Waals surface area contributed by atoms with Crippen LogP contribution in [-0.2, 0) is 4.79 Å². The van der Waals surface area contributed by atoms with Gasteiger partial charge in [0, 0.05) is 18.4 Å². The number of aromatic nitrogens is 1. The van der Waals surface area contributed by atoms with Crippen LogP contribution in [0.2, 0.25) is 5.02 Å². The number of halogens is 2. The van der Waals surface area contributed by atoms with E-state index in [2.05, 4.69) is 10.3 Å². The van der Waals surface area contributed by atoms with Gasteiger partial charge in [-0.2, -0.15) is 0 Å². The lowest BCUT2D eigenvalue weighted by molar-refractivity contribution is -0.120. The first-order chi connectivity index (χ1) is 9.56. The first kappa shape index (κ1) is 12.8. The summed E-state index contributed by atoms with van der Waals surface area (Å²) in [5, 5.41) is 2.43. The van der Waals surface area contributed by atoms with E-state index in [1.54, 1.807) is 6.07 Å². The van der Waals surface area contributed by atoms with Crippen molar-refractivity contribution < 1.29 is 14.0 Å². The third kappa shape index (κ3) is 2.08. The van der Waals surface area contributed by atoms with Crippen LogP contribution in [0.25, 0.3) is 10.9 Å². The van der Waals surface area contributed by atoms with Crippen LogP contribution in [0, 0.1) is 5.82 Å². The Morgan fingerprint density at radius 2 is 2.15 bits per heavy atom. The molecule has 3 amide bonds. The molecule has 0 atom stereocenters. The maximum absolute atomic E-state index is 14.0. The summed E-state index contributed by atoms with van der Waals surface area (Å²) in [7, 11) is 0. The van der Waals surface area contributed by atoms with Crippen LogP contribution in [0.1, 0.15) is 6.42 Å². The minimum atomic E-state index is -0.577. The highest BCUT2D eigenvalue weighted by molar-refractivity contribution is 6.31. The summed E-state index contributed by atoms with van der Waals surface area (Å²) in [6, 6.07) is 3.99. The molecule has 2 heterocycles. The van der Waals surface area contributed by atoms with Gasteiger partial charge >= 0.3 is 6.03 Å². The Bertz CT molecular complexity index is 735. The summed E-state index contributed by atoms with van der Waals surface area (Å²) < 4.78 is 14.0. The van der Waals surface area contributed by atoms with Gasteiger partial charge in [0.15, 0.2) is 5.82 Å². The molecule has 0 aliphatic carbocycles. The Morgan fingerprint density at radius 1 is 1.35 bits per heavy atom. The molecule has 1 aliphatic heterocycles. The summed E-state index contributed by atoms with van der Waals surface area (Å²) in [5.74, 6) is -0.902. The zero-order chi connectivity index (χ0) is 14.3. The molecule has 0 unspecified atom stereocenters. The number of anilines is 1. The van der Waals surface area contributed by atoms with E-state index in [0.29, 0.717) is 11.2 Å². The molecule has 1 aromatic carbocycles. The maximum atomic E-state index is 14.0. The molecule has 0 radical (unpaired) electrons. The second-order valence-corrected chi connectivity index (χ2v) is 4.78. The van der Waals surface area contributed by atoms with Crippen molar-refractivity contribution in [3.63, 3.8) is 0 Å². The SMILES string of the molecule is O=C1CCN(c2cnc3ccc(Cl)c(F)c3c2)C(=O)N1. The number of benzene rings is 1. The fourth-order valence-corrected chi connectivity index (χ4v) is 2.25. The number of imide groups is 1. The molecule has 3 rings (SSSR count). The average Bonchev–Trinajstić information content (AvgIpc) is 2.43. The zero-order valence-corrected chi connectivity index (χ0v) is 10.9. The molecule has 1 saturated heterocycles. The molecular formula is C13H9ClFN3O2. The van der Waals surface area contributed by atoms with E-state index in [9.17, 15) is 14.0 Å². The maximum Gasteiger partial charge on any atom is 0.328 e. The summed E-state index contributed by atoms with van der Waals surface area (Å²) >= 11 is 5.73. The van der Waals surface area contributed by atoms with Crippen molar-refractivity contribution >= 4 is 40.1 Å². The lowest BCUT2D eigenvalue weighted by atomic mass is 10.2. The minimum Gasteiger partial charge on any atom is -0.292 e.